The van der Waals surface area contributed by atoms with Crippen molar-refractivity contribution in [2.45, 2.75) is 31.7 Å². The first-order chi connectivity index (χ1) is 9.24. The van der Waals surface area contributed by atoms with Gasteiger partial charge in [-0.3, -0.25) is 9.78 Å². The molecule has 1 saturated heterocycles. The van der Waals surface area contributed by atoms with E-state index in [0.717, 1.165) is 25.1 Å². The number of rotatable bonds is 1. The molecule has 1 fully saturated rings. The largest absolute Gasteiger partial charge is 0.366 e. The fraction of sp³-hybridized carbons (Fsp3) is 0.467. The van der Waals surface area contributed by atoms with Gasteiger partial charge in [0.05, 0.1) is 5.56 Å². The van der Waals surface area contributed by atoms with Crippen molar-refractivity contribution >= 4 is 11.5 Å². The molecule has 98 valence electrons. The summed E-state index contributed by atoms with van der Waals surface area (Å²) in [5, 5.41) is 3.62. The molecule has 1 aromatic heterocycles. The molecule has 4 rings (SSSR count). The first kappa shape index (κ1) is 11.2. The second-order valence-corrected chi connectivity index (χ2v) is 5.77. The first-order valence-electron chi connectivity index (χ1n) is 6.99. The molecule has 2 atom stereocenters. The molecular formula is C15H17N3O. The number of amides is 1. The van der Waals surface area contributed by atoms with E-state index in [4.69, 9.17) is 5.73 Å². The van der Waals surface area contributed by atoms with Gasteiger partial charge in [-0.25, -0.2) is 0 Å². The Bertz CT molecular complexity index is 605. The molecule has 4 nitrogen and oxygen atoms in total. The van der Waals surface area contributed by atoms with Crippen molar-refractivity contribution in [1.82, 2.24) is 10.3 Å². The van der Waals surface area contributed by atoms with Gasteiger partial charge in [-0.2, -0.15) is 0 Å². The smallest absolute Gasteiger partial charge is 0.250 e. The van der Waals surface area contributed by atoms with Crippen LogP contribution >= 0.6 is 0 Å². The maximum Gasteiger partial charge on any atom is 0.250 e. The second kappa shape index (κ2) is 3.90. The molecule has 0 saturated carbocycles. The SMILES string of the molecule is NC(=O)c1cnc2c(c1)C1=C3C(CNC3CCC1)C2. The zero-order valence-corrected chi connectivity index (χ0v) is 10.8. The van der Waals surface area contributed by atoms with E-state index in [-0.39, 0.29) is 5.91 Å². The number of primary amides is 1. The van der Waals surface area contributed by atoms with Crippen LogP contribution in [0.3, 0.4) is 0 Å². The van der Waals surface area contributed by atoms with Crippen LogP contribution in [0.2, 0.25) is 0 Å². The Morgan fingerprint density at radius 3 is 3.21 bits per heavy atom. The number of fused-ring (bicyclic) bond motifs is 2. The maximum absolute atomic E-state index is 11.3. The number of nitrogens with zero attached hydrogens (tertiary/aromatic N) is 1. The Balaban J connectivity index is 1.90. The third-order valence-electron chi connectivity index (χ3n) is 4.71. The molecule has 1 amide bonds. The molecule has 2 unspecified atom stereocenters. The molecule has 0 radical (unpaired) electrons. The number of pyridine rings is 1. The van der Waals surface area contributed by atoms with Crippen LogP contribution in [0.4, 0.5) is 0 Å². The lowest BCUT2D eigenvalue weighted by Crippen LogP contribution is -2.26. The zero-order chi connectivity index (χ0) is 13.0. The van der Waals surface area contributed by atoms with Crippen LogP contribution < -0.4 is 11.1 Å². The van der Waals surface area contributed by atoms with Crippen LogP contribution in [0.15, 0.2) is 17.8 Å². The highest BCUT2D eigenvalue weighted by atomic mass is 16.1. The predicted octanol–water partition coefficient (Wildman–Crippen LogP) is 1.26. The van der Waals surface area contributed by atoms with Gasteiger partial charge in [0.1, 0.15) is 0 Å². The summed E-state index contributed by atoms with van der Waals surface area (Å²) in [4.78, 5) is 15.8. The zero-order valence-electron chi connectivity index (χ0n) is 10.8. The fourth-order valence-electron chi connectivity index (χ4n) is 3.89. The topological polar surface area (TPSA) is 68.0 Å². The van der Waals surface area contributed by atoms with Gasteiger partial charge in [-0.1, -0.05) is 0 Å². The molecule has 19 heavy (non-hydrogen) atoms. The molecule has 2 heterocycles. The van der Waals surface area contributed by atoms with Gasteiger partial charge in [0, 0.05) is 30.0 Å². The molecule has 1 aliphatic heterocycles. The van der Waals surface area contributed by atoms with E-state index in [0.29, 0.717) is 17.5 Å². The van der Waals surface area contributed by atoms with Crippen molar-refractivity contribution in [3.8, 4) is 0 Å². The molecule has 3 aliphatic rings. The number of hydrogen-bond acceptors (Lipinski definition) is 3. The van der Waals surface area contributed by atoms with Crippen molar-refractivity contribution in [3.05, 3.63) is 34.7 Å². The van der Waals surface area contributed by atoms with Crippen molar-refractivity contribution < 1.29 is 4.79 Å². The highest BCUT2D eigenvalue weighted by molar-refractivity contribution is 5.93. The van der Waals surface area contributed by atoms with E-state index < -0.39 is 0 Å². The van der Waals surface area contributed by atoms with E-state index in [2.05, 4.69) is 10.3 Å². The summed E-state index contributed by atoms with van der Waals surface area (Å²) in [6, 6.07) is 2.50. The first-order valence-corrected chi connectivity index (χ1v) is 6.99. The van der Waals surface area contributed by atoms with Crippen LogP contribution in [-0.2, 0) is 6.42 Å². The van der Waals surface area contributed by atoms with Crippen LogP contribution in [-0.4, -0.2) is 23.5 Å². The Kier molecular flexibility index (Phi) is 2.30. The number of nitrogens with two attached hydrogens (primary N) is 1. The third-order valence-corrected chi connectivity index (χ3v) is 4.71. The van der Waals surface area contributed by atoms with Crippen LogP contribution in [0.25, 0.3) is 5.57 Å². The average Bonchev–Trinajstić information content (AvgIpc) is 2.83. The third kappa shape index (κ3) is 1.56. The quantitative estimate of drug-likeness (QED) is 0.794. The minimum atomic E-state index is -0.389. The summed E-state index contributed by atoms with van der Waals surface area (Å²) in [5.41, 5.74) is 11.2. The van der Waals surface area contributed by atoms with E-state index in [1.165, 1.54) is 24.0 Å². The van der Waals surface area contributed by atoms with Crippen LogP contribution in [0, 0.1) is 5.92 Å². The van der Waals surface area contributed by atoms with Crippen molar-refractivity contribution in [1.29, 1.82) is 0 Å². The van der Waals surface area contributed by atoms with Gasteiger partial charge in [0.2, 0.25) is 5.91 Å². The van der Waals surface area contributed by atoms with Gasteiger partial charge in [0.15, 0.2) is 0 Å². The Hall–Kier alpha value is -1.68. The van der Waals surface area contributed by atoms with Gasteiger partial charge in [-0.05, 0) is 48.8 Å². The minimum absolute atomic E-state index is 0.389. The Labute approximate surface area is 112 Å². The van der Waals surface area contributed by atoms with Gasteiger partial charge in [0.25, 0.3) is 0 Å². The second-order valence-electron chi connectivity index (χ2n) is 5.77. The lowest BCUT2D eigenvalue weighted by molar-refractivity contribution is 0.1000. The number of carbonyl (C=O) groups excluding carboxylic acids is 1. The number of aromatic nitrogens is 1. The van der Waals surface area contributed by atoms with E-state index in [1.807, 2.05) is 6.07 Å². The van der Waals surface area contributed by atoms with Crippen LogP contribution in [0.5, 0.6) is 0 Å². The summed E-state index contributed by atoms with van der Waals surface area (Å²) < 4.78 is 0. The number of hydrogen-bond donors (Lipinski definition) is 2. The summed E-state index contributed by atoms with van der Waals surface area (Å²) in [6.07, 6.45) is 6.18. The molecule has 0 aromatic carbocycles. The highest BCUT2D eigenvalue weighted by Gasteiger charge is 2.38. The summed E-state index contributed by atoms with van der Waals surface area (Å²) in [5.74, 6) is 0.222. The summed E-state index contributed by atoms with van der Waals surface area (Å²) in [7, 11) is 0. The summed E-state index contributed by atoms with van der Waals surface area (Å²) >= 11 is 0. The van der Waals surface area contributed by atoms with Crippen molar-refractivity contribution in [2.75, 3.05) is 6.54 Å². The Morgan fingerprint density at radius 1 is 1.47 bits per heavy atom. The van der Waals surface area contributed by atoms with E-state index in [1.54, 1.807) is 11.8 Å². The van der Waals surface area contributed by atoms with Gasteiger partial charge >= 0.3 is 0 Å². The molecule has 1 aromatic rings. The monoisotopic (exact) mass is 255 g/mol. The molecule has 4 heteroatoms. The fourth-order valence-corrected chi connectivity index (χ4v) is 3.89. The average molecular weight is 255 g/mol. The normalized spacial score (nSPS) is 28.0. The highest BCUT2D eigenvalue weighted by Crippen LogP contribution is 2.44. The molecule has 3 N–H and O–H groups in total. The maximum atomic E-state index is 11.3. The number of allylic oxidation sites excluding steroid dienone is 1. The predicted molar refractivity (Wildman–Crippen MR) is 72.5 cm³/mol. The molecule has 2 aliphatic carbocycles. The number of nitrogens with one attached hydrogen (secondary N) is 1. The molecule has 0 bridgehead atoms. The van der Waals surface area contributed by atoms with E-state index in [9.17, 15) is 4.79 Å². The lowest BCUT2D eigenvalue weighted by Gasteiger charge is -2.31. The number of carbonyl (C=O) groups is 1. The Morgan fingerprint density at radius 2 is 2.37 bits per heavy atom. The van der Waals surface area contributed by atoms with Gasteiger partial charge < -0.3 is 11.1 Å². The van der Waals surface area contributed by atoms with Crippen molar-refractivity contribution in [2.24, 2.45) is 11.7 Å². The van der Waals surface area contributed by atoms with Gasteiger partial charge in [-0.15, -0.1) is 0 Å². The van der Waals surface area contributed by atoms with E-state index >= 15 is 0 Å². The minimum Gasteiger partial charge on any atom is -0.366 e. The summed E-state index contributed by atoms with van der Waals surface area (Å²) in [6.45, 7) is 1.07. The molecular weight excluding hydrogens is 238 g/mol. The standard InChI is InChI=1S/C15H17N3O/c16-15(19)9-4-11-10-2-1-3-12-14(10)8(6-17-12)5-13(11)18-7-9/h4,7-8,12,17H,1-3,5-6H2,(H2,16,19). The lowest BCUT2D eigenvalue weighted by atomic mass is 9.74. The van der Waals surface area contributed by atoms with Crippen molar-refractivity contribution in [3.63, 3.8) is 0 Å². The molecule has 0 spiro atoms. The van der Waals surface area contributed by atoms with Crippen LogP contribution in [0.1, 0.15) is 40.9 Å².